The van der Waals surface area contributed by atoms with Gasteiger partial charge in [-0.05, 0) is 53.6 Å². The average Bonchev–Trinajstić information content (AvgIpc) is 2.43. The lowest BCUT2D eigenvalue weighted by molar-refractivity contribution is 0.434. The lowest BCUT2D eigenvalue weighted by Crippen LogP contribution is -2.31. The molecule has 0 spiro atoms. The van der Waals surface area contributed by atoms with Crippen molar-refractivity contribution < 1.29 is 0 Å². The van der Waals surface area contributed by atoms with Crippen LogP contribution < -0.4 is 11.3 Å². The molecule has 0 heterocycles. The molecule has 20 heavy (non-hydrogen) atoms. The predicted molar refractivity (Wildman–Crippen MR) is 86.7 cm³/mol. The van der Waals surface area contributed by atoms with E-state index < -0.39 is 0 Å². The van der Waals surface area contributed by atoms with Gasteiger partial charge in [0.25, 0.3) is 0 Å². The first-order valence-corrected chi connectivity index (χ1v) is 7.85. The lowest BCUT2D eigenvalue weighted by atomic mass is 9.74. The van der Waals surface area contributed by atoms with E-state index in [1.54, 1.807) is 0 Å². The van der Waals surface area contributed by atoms with Crippen LogP contribution in [0.1, 0.15) is 35.1 Å². The Morgan fingerprint density at radius 3 is 2.85 bits per heavy atom. The quantitative estimate of drug-likeness (QED) is 0.635. The molecule has 0 saturated carbocycles. The summed E-state index contributed by atoms with van der Waals surface area (Å²) >= 11 is 9.67. The second-order valence-corrected chi connectivity index (χ2v) is 6.51. The highest BCUT2D eigenvalue weighted by Gasteiger charge is 2.28. The van der Waals surface area contributed by atoms with Crippen LogP contribution in [0.2, 0.25) is 5.02 Å². The summed E-state index contributed by atoms with van der Waals surface area (Å²) in [7, 11) is 0. The molecule has 104 valence electrons. The van der Waals surface area contributed by atoms with Gasteiger partial charge < -0.3 is 0 Å². The Morgan fingerprint density at radius 2 is 2.10 bits per heavy atom. The van der Waals surface area contributed by atoms with Crippen molar-refractivity contribution >= 4 is 27.5 Å². The normalized spacial score (nSPS) is 18.2. The number of halogens is 2. The zero-order valence-corrected chi connectivity index (χ0v) is 13.3. The zero-order chi connectivity index (χ0) is 14.1. The molecular formula is C16H16BrClN2. The third-order valence-electron chi connectivity index (χ3n) is 4.02. The minimum absolute atomic E-state index is 0.0985. The summed E-state index contributed by atoms with van der Waals surface area (Å²) in [5.74, 6) is 6.32. The molecule has 2 aromatic carbocycles. The van der Waals surface area contributed by atoms with Gasteiger partial charge in [0.15, 0.2) is 0 Å². The van der Waals surface area contributed by atoms with Crippen molar-refractivity contribution in [2.24, 2.45) is 5.84 Å². The van der Waals surface area contributed by atoms with E-state index in [1.165, 1.54) is 11.1 Å². The summed E-state index contributed by atoms with van der Waals surface area (Å²) in [6.45, 7) is 0. The fraction of sp³-hybridized carbons (Fsp3) is 0.250. The molecule has 0 aliphatic heterocycles. The average molecular weight is 352 g/mol. The molecule has 3 N–H and O–H groups in total. The van der Waals surface area contributed by atoms with E-state index in [4.69, 9.17) is 17.4 Å². The van der Waals surface area contributed by atoms with Gasteiger partial charge in [-0.1, -0.05) is 51.8 Å². The van der Waals surface area contributed by atoms with E-state index in [2.05, 4.69) is 45.6 Å². The first-order chi connectivity index (χ1) is 9.69. The van der Waals surface area contributed by atoms with Crippen LogP contribution in [0.25, 0.3) is 0 Å². The Morgan fingerprint density at radius 1 is 1.30 bits per heavy atom. The number of fused-ring (bicyclic) bond motifs is 1. The summed E-state index contributed by atoms with van der Waals surface area (Å²) < 4.78 is 1.04. The van der Waals surface area contributed by atoms with Crippen molar-refractivity contribution in [2.45, 2.75) is 24.8 Å². The minimum atomic E-state index is 0.0985. The van der Waals surface area contributed by atoms with Crippen molar-refractivity contribution in [3.8, 4) is 0 Å². The number of hydrogen-bond donors (Lipinski definition) is 2. The summed E-state index contributed by atoms with van der Waals surface area (Å²) in [6, 6.07) is 14.5. The number of hydrazine groups is 1. The third-order valence-corrected chi connectivity index (χ3v) is 4.97. The summed E-state index contributed by atoms with van der Waals surface area (Å²) in [5, 5.41) is 0.734. The summed E-state index contributed by atoms with van der Waals surface area (Å²) in [6.07, 6.45) is 2.11. The molecule has 2 unspecified atom stereocenters. The molecule has 0 bridgehead atoms. The number of nitrogens with two attached hydrogens (primary N) is 1. The maximum atomic E-state index is 6.09. The van der Waals surface area contributed by atoms with Crippen molar-refractivity contribution in [3.05, 3.63) is 68.7 Å². The predicted octanol–water partition coefficient (Wildman–Crippen LogP) is 4.34. The molecule has 2 atom stereocenters. The fourth-order valence-electron chi connectivity index (χ4n) is 2.92. The molecule has 3 rings (SSSR count). The Bertz CT molecular complexity index is 630. The van der Waals surface area contributed by atoms with Crippen LogP contribution in [0.15, 0.2) is 46.9 Å². The Labute approximate surface area is 132 Å². The Balaban J connectivity index is 1.80. The van der Waals surface area contributed by atoms with Crippen molar-refractivity contribution in [3.63, 3.8) is 0 Å². The number of rotatable bonds is 4. The molecule has 0 radical (unpaired) electrons. The van der Waals surface area contributed by atoms with Crippen LogP contribution in [0.4, 0.5) is 0 Å². The van der Waals surface area contributed by atoms with Gasteiger partial charge >= 0.3 is 0 Å². The van der Waals surface area contributed by atoms with Gasteiger partial charge in [0.05, 0.1) is 0 Å². The van der Waals surface area contributed by atoms with E-state index in [1.807, 2.05) is 18.2 Å². The van der Waals surface area contributed by atoms with Gasteiger partial charge in [-0.15, -0.1) is 0 Å². The molecular weight excluding hydrogens is 336 g/mol. The van der Waals surface area contributed by atoms with Crippen LogP contribution in [-0.4, -0.2) is 0 Å². The zero-order valence-electron chi connectivity index (χ0n) is 10.9. The van der Waals surface area contributed by atoms with Gasteiger partial charge in [-0.3, -0.25) is 11.3 Å². The van der Waals surface area contributed by atoms with Crippen molar-refractivity contribution in [1.82, 2.24) is 5.43 Å². The second kappa shape index (κ2) is 5.86. The topological polar surface area (TPSA) is 38.0 Å². The van der Waals surface area contributed by atoms with Crippen LogP contribution in [-0.2, 0) is 6.42 Å². The van der Waals surface area contributed by atoms with E-state index >= 15 is 0 Å². The first kappa shape index (κ1) is 14.1. The molecule has 0 aromatic heterocycles. The molecule has 4 heteroatoms. The van der Waals surface area contributed by atoms with Crippen LogP contribution >= 0.6 is 27.5 Å². The molecule has 1 aliphatic carbocycles. The highest BCUT2D eigenvalue weighted by atomic mass is 79.9. The summed E-state index contributed by atoms with van der Waals surface area (Å²) in [5.41, 5.74) is 6.95. The first-order valence-electron chi connectivity index (χ1n) is 6.68. The number of benzene rings is 2. The fourth-order valence-corrected chi connectivity index (χ4v) is 3.63. The van der Waals surface area contributed by atoms with E-state index in [0.717, 1.165) is 27.9 Å². The SMILES string of the molecule is NNC(CC1Cc2ccccc21)c1cc(Cl)ccc1Br. The van der Waals surface area contributed by atoms with Gasteiger partial charge in [0.1, 0.15) is 0 Å². The molecule has 0 fully saturated rings. The highest BCUT2D eigenvalue weighted by Crippen LogP contribution is 2.41. The van der Waals surface area contributed by atoms with Gasteiger partial charge in [-0.25, -0.2) is 0 Å². The Hall–Kier alpha value is -0.870. The lowest BCUT2D eigenvalue weighted by Gasteiger charge is -2.33. The monoisotopic (exact) mass is 350 g/mol. The number of nitrogens with one attached hydrogen (secondary N) is 1. The van der Waals surface area contributed by atoms with Gasteiger partial charge in [0, 0.05) is 15.5 Å². The highest BCUT2D eigenvalue weighted by molar-refractivity contribution is 9.10. The maximum absolute atomic E-state index is 6.09. The van der Waals surface area contributed by atoms with E-state index in [0.29, 0.717) is 5.92 Å². The van der Waals surface area contributed by atoms with Crippen LogP contribution in [0.3, 0.4) is 0 Å². The van der Waals surface area contributed by atoms with E-state index in [9.17, 15) is 0 Å². The van der Waals surface area contributed by atoms with Crippen LogP contribution in [0, 0.1) is 0 Å². The molecule has 1 aliphatic rings. The second-order valence-electron chi connectivity index (χ2n) is 5.22. The van der Waals surface area contributed by atoms with Gasteiger partial charge in [0.2, 0.25) is 0 Å². The molecule has 0 amide bonds. The Kier molecular flexibility index (Phi) is 4.13. The minimum Gasteiger partial charge on any atom is -0.271 e. The standard InChI is InChI=1S/C16H16BrClN2/c17-15-6-5-12(18)9-14(15)16(20-19)8-11-7-10-3-1-2-4-13(10)11/h1-6,9,11,16,20H,7-8,19H2. The van der Waals surface area contributed by atoms with Crippen molar-refractivity contribution in [2.75, 3.05) is 0 Å². The maximum Gasteiger partial charge on any atom is 0.0477 e. The number of hydrogen-bond acceptors (Lipinski definition) is 2. The van der Waals surface area contributed by atoms with Crippen LogP contribution in [0.5, 0.6) is 0 Å². The summed E-state index contributed by atoms with van der Waals surface area (Å²) in [4.78, 5) is 0. The smallest absolute Gasteiger partial charge is 0.0477 e. The molecule has 0 saturated heterocycles. The largest absolute Gasteiger partial charge is 0.271 e. The van der Waals surface area contributed by atoms with E-state index in [-0.39, 0.29) is 6.04 Å². The molecule has 2 nitrogen and oxygen atoms in total. The third kappa shape index (κ3) is 2.63. The van der Waals surface area contributed by atoms with Gasteiger partial charge in [-0.2, -0.15) is 0 Å². The van der Waals surface area contributed by atoms with Crippen molar-refractivity contribution in [1.29, 1.82) is 0 Å². The molecule has 2 aromatic rings.